The lowest BCUT2D eigenvalue weighted by Crippen LogP contribution is -2.56. The summed E-state index contributed by atoms with van der Waals surface area (Å²) in [4.78, 5) is 0. The Kier molecular flexibility index (Phi) is 3.56. The van der Waals surface area contributed by atoms with Gasteiger partial charge in [-0.1, -0.05) is 12.1 Å². The molecular formula is C13H18FNO. The number of ether oxygens (including phenoxy) is 1. The van der Waals surface area contributed by atoms with Crippen LogP contribution in [0.2, 0.25) is 0 Å². The highest BCUT2D eigenvalue weighted by molar-refractivity contribution is 5.30. The van der Waals surface area contributed by atoms with Crippen LogP contribution in [-0.2, 0) is 10.2 Å². The molecule has 0 aromatic heterocycles. The van der Waals surface area contributed by atoms with Crippen molar-refractivity contribution in [3.8, 4) is 0 Å². The number of halogens is 1. The summed E-state index contributed by atoms with van der Waals surface area (Å²) in [5, 5.41) is 3.28. The summed E-state index contributed by atoms with van der Waals surface area (Å²) >= 11 is 0. The topological polar surface area (TPSA) is 21.3 Å². The van der Waals surface area contributed by atoms with Crippen LogP contribution in [0.1, 0.15) is 18.4 Å². The minimum Gasteiger partial charge on any atom is -0.385 e. The number of rotatable bonds is 5. The number of hydrogen-bond acceptors (Lipinski definition) is 2. The van der Waals surface area contributed by atoms with E-state index < -0.39 is 0 Å². The fourth-order valence-electron chi connectivity index (χ4n) is 2.33. The van der Waals surface area contributed by atoms with Gasteiger partial charge in [0.2, 0.25) is 0 Å². The molecule has 1 saturated heterocycles. The highest BCUT2D eigenvalue weighted by Crippen LogP contribution is 2.33. The Morgan fingerprint density at radius 3 is 2.81 bits per heavy atom. The van der Waals surface area contributed by atoms with Crippen LogP contribution < -0.4 is 5.32 Å². The van der Waals surface area contributed by atoms with Gasteiger partial charge in [-0.05, 0) is 30.5 Å². The molecule has 16 heavy (non-hydrogen) atoms. The summed E-state index contributed by atoms with van der Waals surface area (Å²) in [6.07, 6.45) is 2.08. The number of benzene rings is 1. The fourth-order valence-corrected chi connectivity index (χ4v) is 2.33. The van der Waals surface area contributed by atoms with Gasteiger partial charge < -0.3 is 10.1 Å². The Hall–Kier alpha value is -0.930. The van der Waals surface area contributed by atoms with E-state index in [4.69, 9.17) is 4.74 Å². The number of hydrogen-bond donors (Lipinski definition) is 1. The van der Waals surface area contributed by atoms with Crippen molar-refractivity contribution in [1.82, 2.24) is 5.32 Å². The second-order valence-corrected chi connectivity index (χ2v) is 4.49. The minimum atomic E-state index is -0.143. The molecule has 3 heteroatoms. The first-order chi connectivity index (χ1) is 7.77. The summed E-state index contributed by atoms with van der Waals surface area (Å²) < 4.78 is 18.3. The molecule has 1 aromatic carbocycles. The number of methoxy groups -OCH3 is 1. The standard InChI is InChI=1S/C13H18FNO/c1-16-7-3-6-13(9-15-10-13)11-4-2-5-12(14)8-11/h2,4-5,8,15H,3,6-7,9-10H2,1H3. The highest BCUT2D eigenvalue weighted by atomic mass is 19.1. The maximum atomic E-state index is 13.2. The maximum Gasteiger partial charge on any atom is 0.123 e. The van der Waals surface area contributed by atoms with E-state index >= 15 is 0 Å². The lowest BCUT2D eigenvalue weighted by atomic mass is 9.72. The molecule has 1 heterocycles. The lowest BCUT2D eigenvalue weighted by Gasteiger charge is -2.43. The Morgan fingerprint density at radius 2 is 2.25 bits per heavy atom. The van der Waals surface area contributed by atoms with Crippen LogP contribution in [0.5, 0.6) is 0 Å². The molecule has 0 radical (unpaired) electrons. The molecule has 2 nitrogen and oxygen atoms in total. The van der Waals surface area contributed by atoms with Crippen molar-refractivity contribution in [1.29, 1.82) is 0 Å². The lowest BCUT2D eigenvalue weighted by molar-refractivity contribution is 0.168. The van der Waals surface area contributed by atoms with Crippen LogP contribution in [-0.4, -0.2) is 26.8 Å². The zero-order valence-corrected chi connectivity index (χ0v) is 9.63. The first-order valence-electron chi connectivity index (χ1n) is 5.73. The molecule has 1 aliphatic heterocycles. The largest absolute Gasteiger partial charge is 0.385 e. The van der Waals surface area contributed by atoms with Crippen LogP contribution in [0, 0.1) is 5.82 Å². The van der Waals surface area contributed by atoms with Gasteiger partial charge in [0, 0.05) is 32.2 Å². The molecule has 88 valence electrons. The zero-order chi connectivity index (χ0) is 11.4. The second kappa shape index (κ2) is 4.93. The van der Waals surface area contributed by atoms with E-state index in [1.54, 1.807) is 19.2 Å². The average molecular weight is 223 g/mol. The van der Waals surface area contributed by atoms with Gasteiger partial charge >= 0.3 is 0 Å². The Morgan fingerprint density at radius 1 is 1.44 bits per heavy atom. The molecule has 0 spiro atoms. The third kappa shape index (κ3) is 2.25. The summed E-state index contributed by atoms with van der Waals surface area (Å²) in [5.41, 5.74) is 1.24. The molecule has 2 rings (SSSR count). The average Bonchev–Trinajstić information content (AvgIpc) is 2.22. The van der Waals surface area contributed by atoms with Gasteiger partial charge in [-0.15, -0.1) is 0 Å². The second-order valence-electron chi connectivity index (χ2n) is 4.49. The smallest absolute Gasteiger partial charge is 0.123 e. The van der Waals surface area contributed by atoms with Gasteiger partial charge in [-0.2, -0.15) is 0 Å². The predicted molar refractivity (Wildman–Crippen MR) is 62.1 cm³/mol. The van der Waals surface area contributed by atoms with Crippen molar-refractivity contribution in [2.24, 2.45) is 0 Å². The Balaban J connectivity index is 2.08. The maximum absolute atomic E-state index is 13.2. The summed E-state index contributed by atoms with van der Waals surface area (Å²) in [6.45, 7) is 2.66. The third-order valence-corrected chi connectivity index (χ3v) is 3.37. The van der Waals surface area contributed by atoms with E-state index in [1.807, 2.05) is 6.07 Å². The van der Waals surface area contributed by atoms with Crippen molar-refractivity contribution >= 4 is 0 Å². The van der Waals surface area contributed by atoms with Crippen molar-refractivity contribution < 1.29 is 9.13 Å². The predicted octanol–water partition coefficient (Wildman–Crippen LogP) is 2.09. The number of nitrogens with one attached hydrogen (secondary N) is 1. The summed E-state index contributed by atoms with van der Waals surface area (Å²) in [6, 6.07) is 6.98. The van der Waals surface area contributed by atoms with Crippen LogP contribution in [0.4, 0.5) is 4.39 Å². The van der Waals surface area contributed by atoms with E-state index in [0.29, 0.717) is 0 Å². The normalized spacial score (nSPS) is 18.1. The van der Waals surface area contributed by atoms with Crippen molar-refractivity contribution in [2.75, 3.05) is 26.8 Å². The highest BCUT2D eigenvalue weighted by Gasteiger charge is 2.37. The first-order valence-corrected chi connectivity index (χ1v) is 5.73. The molecule has 0 aliphatic carbocycles. The van der Waals surface area contributed by atoms with Crippen LogP contribution in [0.15, 0.2) is 24.3 Å². The van der Waals surface area contributed by atoms with Gasteiger partial charge in [0.1, 0.15) is 5.82 Å². The molecule has 0 amide bonds. The van der Waals surface area contributed by atoms with Gasteiger partial charge in [-0.25, -0.2) is 4.39 Å². The molecule has 0 unspecified atom stereocenters. The van der Waals surface area contributed by atoms with Crippen LogP contribution >= 0.6 is 0 Å². The van der Waals surface area contributed by atoms with E-state index in [0.717, 1.165) is 38.1 Å². The Bertz CT molecular complexity index is 350. The molecular weight excluding hydrogens is 205 g/mol. The molecule has 1 aromatic rings. The van der Waals surface area contributed by atoms with Gasteiger partial charge in [0.25, 0.3) is 0 Å². The molecule has 1 aliphatic rings. The van der Waals surface area contributed by atoms with Gasteiger partial charge in [0.15, 0.2) is 0 Å². The first kappa shape index (κ1) is 11.6. The summed E-state index contributed by atoms with van der Waals surface area (Å²) in [7, 11) is 1.72. The molecule has 0 bridgehead atoms. The van der Waals surface area contributed by atoms with Crippen molar-refractivity contribution in [3.63, 3.8) is 0 Å². The van der Waals surface area contributed by atoms with E-state index in [-0.39, 0.29) is 11.2 Å². The monoisotopic (exact) mass is 223 g/mol. The third-order valence-electron chi connectivity index (χ3n) is 3.37. The van der Waals surface area contributed by atoms with Crippen molar-refractivity contribution in [3.05, 3.63) is 35.6 Å². The van der Waals surface area contributed by atoms with E-state index in [9.17, 15) is 4.39 Å². The molecule has 0 atom stereocenters. The van der Waals surface area contributed by atoms with Crippen LogP contribution in [0.3, 0.4) is 0 Å². The molecule has 1 fully saturated rings. The van der Waals surface area contributed by atoms with Gasteiger partial charge in [0.05, 0.1) is 0 Å². The van der Waals surface area contributed by atoms with E-state index in [2.05, 4.69) is 5.32 Å². The fraction of sp³-hybridized carbons (Fsp3) is 0.538. The SMILES string of the molecule is COCCCC1(c2cccc(F)c2)CNC1. The quantitative estimate of drug-likeness (QED) is 0.772. The Labute approximate surface area is 95.8 Å². The van der Waals surface area contributed by atoms with Crippen LogP contribution in [0.25, 0.3) is 0 Å². The van der Waals surface area contributed by atoms with Crippen molar-refractivity contribution in [2.45, 2.75) is 18.3 Å². The van der Waals surface area contributed by atoms with Gasteiger partial charge in [-0.3, -0.25) is 0 Å². The molecule has 1 N–H and O–H groups in total. The molecule has 0 saturated carbocycles. The minimum absolute atomic E-state index is 0.126. The van der Waals surface area contributed by atoms with E-state index in [1.165, 1.54) is 6.07 Å². The zero-order valence-electron chi connectivity index (χ0n) is 9.63. The summed E-state index contributed by atoms with van der Waals surface area (Å²) in [5.74, 6) is -0.143.